The summed E-state index contributed by atoms with van der Waals surface area (Å²) < 4.78 is 0. The van der Waals surface area contributed by atoms with Gasteiger partial charge in [-0.05, 0) is 38.0 Å². The van der Waals surface area contributed by atoms with Crippen LogP contribution in [0.5, 0.6) is 0 Å². The fraction of sp³-hybridized carbons (Fsp3) is 0.750. The Morgan fingerprint density at radius 1 is 1.57 bits per heavy atom. The summed E-state index contributed by atoms with van der Waals surface area (Å²) in [4.78, 5) is 13.5. The van der Waals surface area contributed by atoms with Crippen LogP contribution in [0.25, 0.3) is 0 Å². The molecule has 78 valence electrons. The number of nitrogens with zero attached hydrogens (tertiary/aromatic N) is 1. The third kappa shape index (κ3) is 2.77. The Hall–Kier alpha value is -0.970. The number of likely N-dealkylation sites (tertiary alicyclic amines) is 1. The van der Waals surface area contributed by atoms with Gasteiger partial charge in [-0.25, -0.2) is 0 Å². The normalized spacial score (nSPS) is 20.9. The molecule has 0 aromatic carbocycles. The molecule has 0 spiro atoms. The molecule has 0 N–H and O–H groups in total. The largest absolute Gasteiger partial charge is 0.329 e. The van der Waals surface area contributed by atoms with Gasteiger partial charge < -0.3 is 4.90 Å². The molecule has 1 aliphatic heterocycles. The second kappa shape index (κ2) is 5.05. The molecular formula is C12H19NO. The summed E-state index contributed by atoms with van der Waals surface area (Å²) in [5.41, 5.74) is 0. The number of carbonyl (C=O) groups excluding carboxylic acids is 1. The number of carbonyl (C=O) groups is 1. The number of rotatable bonds is 2. The van der Waals surface area contributed by atoms with Crippen LogP contribution in [0.3, 0.4) is 0 Å². The lowest BCUT2D eigenvalue weighted by molar-refractivity contribution is -0.126. The lowest BCUT2D eigenvalue weighted by Gasteiger charge is -2.23. The summed E-state index contributed by atoms with van der Waals surface area (Å²) in [5.74, 6) is 5.97. The van der Waals surface area contributed by atoms with Gasteiger partial charge in [0.05, 0.1) is 0 Å². The molecule has 0 saturated carbocycles. The molecular weight excluding hydrogens is 174 g/mol. The van der Waals surface area contributed by atoms with Crippen LogP contribution in [0.2, 0.25) is 0 Å². The minimum atomic E-state index is 0.00986. The van der Waals surface area contributed by atoms with Gasteiger partial charge in [0.15, 0.2) is 0 Å². The van der Waals surface area contributed by atoms with Crippen LogP contribution < -0.4 is 0 Å². The molecule has 0 radical (unpaired) electrons. The van der Waals surface area contributed by atoms with Crippen LogP contribution in [-0.4, -0.2) is 23.4 Å². The van der Waals surface area contributed by atoms with Crippen molar-refractivity contribution in [2.24, 2.45) is 5.92 Å². The van der Waals surface area contributed by atoms with Gasteiger partial charge in [0.1, 0.15) is 0 Å². The minimum Gasteiger partial charge on any atom is -0.329 e. The zero-order chi connectivity index (χ0) is 10.6. The van der Waals surface area contributed by atoms with Crippen LogP contribution >= 0.6 is 0 Å². The molecule has 1 amide bonds. The van der Waals surface area contributed by atoms with Crippen molar-refractivity contribution in [3.8, 4) is 11.8 Å². The number of hydrogen-bond donors (Lipinski definition) is 0. The van der Waals surface area contributed by atoms with Crippen molar-refractivity contribution in [3.63, 3.8) is 0 Å². The van der Waals surface area contributed by atoms with Crippen molar-refractivity contribution in [2.45, 2.75) is 46.1 Å². The summed E-state index contributed by atoms with van der Waals surface area (Å²) in [7, 11) is 0. The van der Waals surface area contributed by atoms with E-state index in [1.165, 1.54) is 0 Å². The van der Waals surface area contributed by atoms with Crippen molar-refractivity contribution >= 4 is 5.91 Å². The molecule has 2 heteroatoms. The van der Waals surface area contributed by atoms with E-state index in [4.69, 9.17) is 0 Å². The summed E-state index contributed by atoms with van der Waals surface area (Å²) in [6, 6.07) is 0.434. The highest BCUT2D eigenvalue weighted by atomic mass is 16.2. The van der Waals surface area contributed by atoms with E-state index in [-0.39, 0.29) is 5.91 Å². The summed E-state index contributed by atoms with van der Waals surface area (Å²) in [6.45, 7) is 7.01. The maximum atomic E-state index is 11.6. The van der Waals surface area contributed by atoms with Crippen molar-refractivity contribution < 1.29 is 4.79 Å². The third-order valence-corrected chi connectivity index (χ3v) is 2.61. The quantitative estimate of drug-likeness (QED) is 0.615. The first kappa shape index (κ1) is 11.1. The molecule has 1 saturated heterocycles. The van der Waals surface area contributed by atoms with Crippen molar-refractivity contribution in [1.29, 1.82) is 0 Å². The van der Waals surface area contributed by atoms with Crippen LogP contribution in [0.4, 0.5) is 0 Å². The van der Waals surface area contributed by atoms with Crippen LogP contribution in [-0.2, 0) is 4.79 Å². The maximum Gasteiger partial charge on any atom is 0.298 e. The molecule has 1 heterocycles. The van der Waals surface area contributed by atoms with Gasteiger partial charge >= 0.3 is 0 Å². The summed E-state index contributed by atoms with van der Waals surface area (Å²) in [5, 5.41) is 0. The number of hydrogen-bond acceptors (Lipinski definition) is 1. The Bertz CT molecular complexity index is 259. The van der Waals surface area contributed by atoms with E-state index in [0.717, 1.165) is 25.8 Å². The zero-order valence-corrected chi connectivity index (χ0v) is 9.34. The molecule has 2 nitrogen and oxygen atoms in total. The fourth-order valence-corrected chi connectivity index (χ4v) is 2.07. The SMILES string of the molecule is CC#CC(=O)N1CCCC1CC(C)C. The first-order valence-corrected chi connectivity index (χ1v) is 5.38. The van der Waals surface area contributed by atoms with Gasteiger partial charge in [0, 0.05) is 12.6 Å². The molecule has 1 rings (SSSR count). The van der Waals surface area contributed by atoms with Gasteiger partial charge in [-0.1, -0.05) is 19.8 Å². The molecule has 0 bridgehead atoms. The standard InChI is InChI=1S/C12H19NO/c1-4-6-12(14)13-8-5-7-11(13)9-10(2)3/h10-11H,5,7-9H2,1-3H3. The predicted octanol–water partition coefficient (Wildman–Crippen LogP) is 2.05. The van der Waals surface area contributed by atoms with E-state index in [0.29, 0.717) is 12.0 Å². The third-order valence-electron chi connectivity index (χ3n) is 2.61. The van der Waals surface area contributed by atoms with Gasteiger partial charge in [-0.3, -0.25) is 4.79 Å². The Morgan fingerprint density at radius 2 is 2.29 bits per heavy atom. The van der Waals surface area contributed by atoms with Crippen LogP contribution in [0.1, 0.15) is 40.0 Å². The van der Waals surface area contributed by atoms with Gasteiger partial charge in [-0.15, -0.1) is 0 Å². The predicted molar refractivity (Wildman–Crippen MR) is 57.6 cm³/mol. The lowest BCUT2D eigenvalue weighted by Crippen LogP contribution is -2.35. The smallest absolute Gasteiger partial charge is 0.298 e. The maximum absolute atomic E-state index is 11.6. The zero-order valence-electron chi connectivity index (χ0n) is 9.34. The average Bonchev–Trinajstić information content (AvgIpc) is 2.51. The molecule has 0 aromatic heterocycles. The van der Waals surface area contributed by atoms with E-state index >= 15 is 0 Å². The highest BCUT2D eigenvalue weighted by molar-refractivity contribution is 5.93. The van der Waals surface area contributed by atoms with Crippen molar-refractivity contribution in [3.05, 3.63) is 0 Å². The number of amides is 1. The topological polar surface area (TPSA) is 20.3 Å². The van der Waals surface area contributed by atoms with Crippen LogP contribution in [0, 0.1) is 17.8 Å². The first-order valence-electron chi connectivity index (χ1n) is 5.38. The van der Waals surface area contributed by atoms with Crippen molar-refractivity contribution in [1.82, 2.24) is 4.90 Å². The monoisotopic (exact) mass is 193 g/mol. The van der Waals surface area contributed by atoms with Crippen molar-refractivity contribution in [2.75, 3.05) is 6.54 Å². The Kier molecular flexibility index (Phi) is 4.00. The highest BCUT2D eigenvalue weighted by Crippen LogP contribution is 2.23. The molecule has 0 aliphatic carbocycles. The van der Waals surface area contributed by atoms with E-state index in [1.807, 2.05) is 4.90 Å². The summed E-state index contributed by atoms with van der Waals surface area (Å²) in [6.07, 6.45) is 3.39. The second-order valence-electron chi connectivity index (χ2n) is 4.30. The fourth-order valence-electron chi connectivity index (χ4n) is 2.07. The summed E-state index contributed by atoms with van der Waals surface area (Å²) >= 11 is 0. The Balaban J connectivity index is 2.57. The van der Waals surface area contributed by atoms with E-state index in [2.05, 4.69) is 25.7 Å². The molecule has 1 atom stereocenters. The van der Waals surface area contributed by atoms with Gasteiger partial charge in [0.25, 0.3) is 5.91 Å². The molecule has 14 heavy (non-hydrogen) atoms. The first-order chi connectivity index (χ1) is 6.65. The van der Waals surface area contributed by atoms with E-state index in [9.17, 15) is 4.79 Å². The van der Waals surface area contributed by atoms with E-state index < -0.39 is 0 Å². The van der Waals surface area contributed by atoms with Crippen LogP contribution in [0.15, 0.2) is 0 Å². The molecule has 0 aromatic rings. The Labute approximate surface area is 86.7 Å². The highest BCUT2D eigenvalue weighted by Gasteiger charge is 2.27. The molecule has 1 fully saturated rings. The second-order valence-corrected chi connectivity index (χ2v) is 4.30. The average molecular weight is 193 g/mol. The minimum absolute atomic E-state index is 0.00986. The van der Waals surface area contributed by atoms with Gasteiger partial charge in [0.2, 0.25) is 0 Å². The molecule has 1 unspecified atom stereocenters. The molecule has 1 aliphatic rings. The lowest BCUT2D eigenvalue weighted by atomic mass is 10.0. The Morgan fingerprint density at radius 3 is 2.86 bits per heavy atom. The van der Waals surface area contributed by atoms with E-state index in [1.54, 1.807) is 6.92 Å². The van der Waals surface area contributed by atoms with Gasteiger partial charge in [-0.2, -0.15) is 0 Å².